The van der Waals surface area contributed by atoms with Crippen LogP contribution in [0, 0.1) is 5.41 Å². The standard InChI is InChI=1S/C9H18N2O4/c1-3-4-9(2,5-14-7(10)12)6-15-8(11)13/h3-6H2,1-2H3,(H2,10,12)(H2,11,13)/i1D3,3D2,4D2. The maximum absolute atomic E-state index is 10.7. The van der Waals surface area contributed by atoms with Crippen molar-refractivity contribution in [3.8, 4) is 0 Å². The third-order valence-electron chi connectivity index (χ3n) is 1.43. The van der Waals surface area contributed by atoms with E-state index in [1.807, 2.05) is 0 Å². The molecule has 0 aromatic rings. The molecule has 0 aromatic heterocycles. The summed E-state index contributed by atoms with van der Waals surface area (Å²) in [5.74, 6) is 0. The summed E-state index contributed by atoms with van der Waals surface area (Å²) in [5, 5.41) is 0. The molecule has 0 atom stereocenters. The fourth-order valence-corrected chi connectivity index (χ4v) is 0.726. The van der Waals surface area contributed by atoms with Gasteiger partial charge < -0.3 is 20.9 Å². The number of ether oxygens (including phenoxy) is 2. The summed E-state index contributed by atoms with van der Waals surface area (Å²) >= 11 is 0. The van der Waals surface area contributed by atoms with E-state index in [1.165, 1.54) is 0 Å². The predicted octanol–water partition coefficient (Wildman–Crippen LogP) is 0.983. The van der Waals surface area contributed by atoms with Gasteiger partial charge in [0.05, 0.1) is 0 Å². The molecule has 2 amide bonds. The van der Waals surface area contributed by atoms with Gasteiger partial charge in [-0.25, -0.2) is 9.59 Å². The first-order chi connectivity index (χ1) is 9.58. The van der Waals surface area contributed by atoms with E-state index in [0.29, 0.717) is 0 Å². The summed E-state index contributed by atoms with van der Waals surface area (Å²) < 4.78 is 61.3. The first-order valence-electron chi connectivity index (χ1n) is 7.43. The van der Waals surface area contributed by atoms with Crippen LogP contribution in [0.4, 0.5) is 9.59 Å². The molecule has 0 aliphatic heterocycles. The lowest BCUT2D eigenvalue weighted by Crippen LogP contribution is -2.33. The smallest absolute Gasteiger partial charge is 0.404 e. The number of amides is 2. The van der Waals surface area contributed by atoms with Gasteiger partial charge in [0, 0.05) is 15.0 Å². The Morgan fingerprint density at radius 1 is 1.33 bits per heavy atom. The molecule has 0 aromatic carbocycles. The summed E-state index contributed by atoms with van der Waals surface area (Å²) in [6.07, 6.45) is -8.99. The first kappa shape index (κ1) is 5.58. The highest BCUT2D eigenvalue weighted by Gasteiger charge is 2.26. The lowest BCUT2D eigenvalue weighted by molar-refractivity contribution is 0.0367. The maximum Gasteiger partial charge on any atom is 0.404 e. The van der Waals surface area contributed by atoms with Gasteiger partial charge in [-0.2, -0.15) is 0 Å². The Balaban J connectivity index is 5.72. The van der Waals surface area contributed by atoms with Crippen molar-refractivity contribution in [3.05, 3.63) is 0 Å². The SMILES string of the molecule is [2H]C([2H])([2H])C([2H])([2H])C([2H])([2H])C(C)(COC(N)=O)COC(N)=O. The lowest BCUT2D eigenvalue weighted by atomic mass is 9.87. The summed E-state index contributed by atoms with van der Waals surface area (Å²) in [7, 11) is 0. The predicted molar refractivity (Wildman–Crippen MR) is 54.1 cm³/mol. The van der Waals surface area contributed by atoms with Crippen LogP contribution in [0.5, 0.6) is 0 Å². The van der Waals surface area contributed by atoms with Crippen LogP contribution in [0.25, 0.3) is 0 Å². The molecule has 6 nitrogen and oxygen atoms in total. The number of hydrogen-bond donors (Lipinski definition) is 2. The molecule has 0 bridgehead atoms. The van der Waals surface area contributed by atoms with E-state index < -0.39 is 50.4 Å². The van der Waals surface area contributed by atoms with Crippen molar-refractivity contribution < 1.29 is 28.7 Å². The number of carbonyl (C=O) groups is 2. The molecule has 0 fully saturated rings. The van der Waals surface area contributed by atoms with Gasteiger partial charge in [-0.05, 0) is 6.37 Å². The minimum atomic E-state index is -3.34. The second-order valence-corrected chi connectivity index (χ2v) is 3.03. The zero-order valence-corrected chi connectivity index (χ0v) is 8.20. The zero-order chi connectivity index (χ0) is 18.0. The molecule has 0 saturated carbocycles. The lowest BCUT2D eigenvalue weighted by Gasteiger charge is -2.27. The summed E-state index contributed by atoms with van der Waals surface area (Å²) in [6.45, 7) is -3.92. The average Bonchev–Trinajstić information content (AvgIpc) is 2.31. The molecule has 0 heterocycles. The van der Waals surface area contributed by atoms with Crippen LogP contribution < -0.4 is 11.5 Å². The molecule has 6 heteroatoms. The number of rotatable bonds is 6. The molecule has 0 aliphatic rings. The van der Waals surface area contributed by atoms with E-state index in [9.17, 15) is 9.59 Å². The molecule has 0 aliphatic carbocycles. The third kappa shape index (κ3) is 6.59. The van der Waals surface area contributed by atoms with Crippen LogP contribution >= 0.6 is 0 Å². The van der Waals surface area contributed by atoms with Crippen molar-refractivity contribution in [1.82, 2.24) is 0 Å². The van der Waals surface area contributed by atoms with E-state index in [1.54, 1.807) is 0 Å². The van der Waals surface area contributed by atoms with Crippen molar-refractivity contribution in [3.63, 3.8) is 0 Å². The normalized spacial score (nSPS) is 20.5. The van der Waals surface area contributed by atoms with Crippen molar-refractivity contribution >= 4 is 12.2 Å². The Kier molecular flexibility index (Phi) is 2.27. The van der Waals surface area contributed by atoms with Crippen LogP contribution in [0.1, 0.15) is 36.1 Å². The van der Waals surface area contributed by atoms with Gasteiger partial charge in [0.15, 0.2) is 0 Å². The second kappa shape index (κ2) is 6.10. The zero-order valence-electron chi connectivity index (χ0n) is 15.2. The molecule has 0 spiro atoms. The molecule has 88 valence electrons. The van der Waals surface area contributed by atoms with Gasteiger partial charge in [-0.15, -0.1) is 0 Å². The maximum atomic E-state index is 10.7. The quantitative estimate of drug-likeness (QED) is 0.703. The molecule has 4 N–H and O–H groups in total. The largest absolute Gasteiger partial charge is 0.449 e. The van der Waals surface area contributed by atoms with E-state index in [2.05, 4.69) is 9.47 Å². The third-order valence-corrected chi connectivity index (χ3v) is 1.43. The Hall–Kier alpha value is -1.46. The highest BCUT2D eigenvalue weighted by molar-refractivity contribution is 5.65. The fraction of sp³-hybridized carbons (Fsp3) is 0.778. The van der Waals surface area contributed by atoms with E-state index in [-0.39, 0.29) is 0 Å². The van der Waals surface area contributed by atoms with Crippen molar-refractivity contribution in [2.75, 3.05) is 13.2 Å². The van der Waals surface area contributed by atoms with Crippen LogP contribution in [0.3, 0.4) is 0 Å². The van der Waals surface area contributed by atoms with Crippen LogP contribution in [-0.4, -0.2) is 25.4 Å². The second-order valence-electron chi connectivity index (χ2n) is 3.03. The van der Waals surface area contributed by atoms with Gasteiger partial charge in [0.25, 0.3) is 0 Å². The van der Waals surface area contributed by atoms with Crippen LogP contribution in [0.2, 0.25) is 0 Å². The van der Waals surface area contributed by atoms with Crippen LogP contribution in [-0.2, 0) is 9.47 Å². The molecule has 15 heavy (non-hydrogen) atoms. The molecule has 0 saturated heterocycles. The Labute approximate surface area is 98.7 Å². The van der Waals surface area contributed by atoms with Crippen molar-refractivity contribution in [2.45, 2.75) is 26.5 Å². The van der Waals surface area contributed by atoms with Gasteiger partial charge in [-0.3, -0.25) is 0 Å². The van der Waals surface area contributed by atoms with E-state index in [4.69, 9.17) is 21.1 Å². The molecule has 0 radical (unpaired) electrons. The van der Waals surface area contributed by atoms with Crippen LogP contribution in [0.15, 0.2) is 0 Å². The first-order valence-corrected chi connectivity index (χ1v) is 3.93. The Bertz CT molecular complexity index is 420. The highest BCUT2D eigenvalue weighted by atomic mass is 16.6. The Morgan fingerprint density at radius 3 is 2.13 bits per heavy atom. The monoisotopic (exact) mass is 225 g/mol. The minimum absolute atomic E-state index is 0.821. The summed E-state index contributed by atoms with van der Waals surface area (Å²) in [4.78, 5) is 21.4. The Morgan fingerprint density at radius 2 is 1.80 bits per heavy atom. The topological polar surface area (TPSA) is 105 Å². The average molecular weight is 225 g/mol. The molecular weight excluding hydrogens is 200 g/mol. The summed E-state index contributed by atoms with van der Waals surface area (Å²) in [5.41, 5.74) is 7.50. The number of hydrogen-bond acceptors (Lipinski definition) is 4. The molecular formula is C9H18N2O4. The van der Waals surface area contributed by atoms with Gasteiger partial charge in [-0.1, -0.05) is 20.1 Å². The van der Waals surface area contributed by atoms with Crippen molar-refractivity contribution in [1.29, 1.82) is 0 Å². The molecule has 0 rings (SSSR count). The van der Waals surface area contributed by atoms with E-state index in [0.717, 1.165) is 6.92 Å². The van der Waals surface area contributed by atoms with Gasteiger partial charge in [0.1, 0.15) is 13.2 Å². The molecule has 0 unspecified atom stereocenters. The summed E-state index contributed by atoms with van der Waals surface area (Å²) in [6, 6.07) is 0. The van der Waals surface area contributed by atoms with Gasteiger partial charge >= 0.3 is 12.2 Å². The number of primary amides is 2. The number of nitrogens with two attached hydrogens (primary N) is 2. The fourth-order valence-electron chi connectivity index (χ4n) is 0.726. The van der Waals surface area contributed by atoms with Gasteiger partial charge in [0.2, 0.25) is 0 Å². The minimum Gasteiger partial charge on any atom is -0.449 e. The van der Waals surface area contributed by atoms with Crippen molar-refractivity contribution in [2.24, 2.45) is 16.9 Å². The van der Waals surface area contributed by atoms with E-state index >= 15 is 0 Å². The highest BCUT2D eigenvalue weighted by Crippen LogP contribution is 2.24. The number of carbonyl (C=O) groups excluding carboxylic acids is 2.